The molecule has 1 rings (SSSR count). The molecule has 0 saturated carbocycles. The Morgan fingerprint density at radius 3 is 2.54 bits per heavy atom. The molecule has 0 bridgehead atoms. The number of nitrogens with zero attached hydrogens (tertiary/aromatic N) is 2. The van der Waals surface area contributed by atoms with Crippen molar-refractivity contribution < 1.29 is 9.66 Å². The summed E-state index contributed by atoms with van der Waals surface area (Å²) in [5, 5.41) is 17.3. The Kier molecular flexibility index (Phi) is 12.3. The number of benzene rings is 1. The van der Waals surface area contributed by atoms with E-state index in [0.29, 0.717) is 6.54 Å². The molecule has 0 unspecified atom stereocenters. The first-order chi connectivity index (χ1) is 12.7. The van der Waals surface area contributed by atoms with Gasteiger partial charge in [0.05, 0.1) is 11.5 Å². The van der Waals surface area contributed by atoms with Crippen molar-refractivity contribution in [2.45, 2.75) is 32.7 Å². The summed E-state index contributed by atoms with van der Waals surface area (Å²) in [4.78, 5) is 14.9. The molecule has 146 valence electrons. The van der Waals surface area contributed by atoms with Crippen LogP contribution in [0.5, 0.6) is 0 Å². The fourth-order valence-corrected chi connectivity index (χ4v) is 2.37. The Morgan fingerprint density at radius 1 is 1.19 bits per heavy atom. The number of rotatable bonds is 13. The smallest absolute Gasteiger partial charge is 0.269 e. The van der Waals surface area contributed by atoms with Gasteiger partial charge in [0, 0.05) is 44.2 Å². The summed E-state index contributed by atoms with van der Waals surface area (Å²) >= 11 is 1.77. The summed E-state index contributed by atoms with van der Waals surface area (Å²) in [5.74, 6) is 1.75. The SMILES string of the molecule is CCCCOCCCNC(=NCc1ccc([N+](=O)[O-])cc1)NCCSC. The fraction of sp³-hybridized carbons (Fsp3) is 0.611. The average molecular weight is 383 g/mol. The second kappa shape index (κ2) is 14.4. The van der Waals surface area contributed by atoms with Gasteiger partial charge in [-0.05, 0) is 24.7 Å². The molecule has 1 aromatic rings. The minimum Gasteiger partial charge on any atom is -0.381 e. The van der Waals surface area contributed by atoms with Crippen LogP contribution in [0.25, 0.3) is 0 Å². The Morgan fingerprint density at radius 2 is 1.88 bits per heavy atom. The molecule has 0 amide bonds. The molecular formula is C18H30N4O3S. The van der Waals surface area contributed by atoms with E-state index in [4.69, 9.17) is 4.74 Å². The summed E-state index contributed by atoms with van der Waals surface area (Å²) in [7, 11) is 0. The zero-order chi connectivity index (χ0) is 19.0. The second-order valence-electron chi connectivity index (χ2n) is 5.75. The highest BCUT2D eigenvalue weighted by Gasteiger charge is 2.04. The van der Waals surface area contributed by atoms with Gasteiger partial charge in [0.25, 0.3) is 5.69 Å². The van der Waals surface area contributed by atoms with E-state index in [0.717, 1.165) is 62.8 Å². The van der Waals surface area contributed by atoms with Crippen molar-refractivity contribution in [2.24, 2.45) is 4.99 Å². The Bertz CT molecular complexity index is 538. The molecule has 1 aromatic carbocycles. The fourth-order valence-electron chi connectivity index (χ4n) is 2.07. The number of nitro groups is 1. The molecule has 0 atom stereocenters. The van der Waals surface area contributed by atoms with E-state index < -0.39 is 4.92 Å². The Hall–Kier alpha value is -1.80. The lowest BCUT2D eigenvalue weighted by molar-refractivity contribution is -0.384. The van der Waals surface area contributed by atoms with E-state index in [9.17, 15) is 10.1 Å². The van der Waals surface area contributed by atoms with Crippen LogP contribution in [0, 0.1) is 10.1 Å². The third kappa shape index (κ3) is 10.2. The molecule has 8 heteroatoms. The molecular weight excluding hydrogens is 352 g/mol. The normalized spacial score (nSPS) is 11.4. The van der Waals surface area contributed by atoms with Crippen LogP contribution in [0.4, 0.5) is 5.69 Å². The Balaban J connectivity index is 2.44. The van der Waals surface area contributed by atoms with Crippen LogP contribution in [0.1, 0.15) is 31.7 Å². The van der Waals surface area contributed by atoms with E-state index in [-0.39, 0.29) is 5.69 Å². The number of nitro benzene ring substituents is 1. The van der Waals surface area contributed by atoms with Gasteiger partial charge in [-0.3, -0.25) is 10.1 Å². The maximum Gasteiger partial charge on any atom is 0.269 e. The van der Waals surface area contributed by atoms with Crippen LogP contribution in [-0.4, -0.2) is 49.2 Å². The minimum absolute atomic E-state index is 0.0947. The molecule has 0 fully saturated rings. The minimum atomic E-state index is -0.396. The number of unbranched alkanes of at least 4 members (excludes halogenated alkanes) is 1. The standard InChI is InChI=1S/C18H30N4O3S/c1-3-4-12-25-13-5-10-19-18(20-11-14-26-2)21-15-16-6-8-17(9-7-16)22(23)24/h6-9H,3-5,10-15H2,1-2H3,(H2,19,20,21). The third-order valence-electron chi connectivity index (χ3n) is 3.57. The number of aliphatic imine (C=N–C) groups is 1. The van der Waals surface area contributed by atoms with Crippen molar-refractivity contribution in [3.8, 4) is 0 Å². The van der Waals surface area contributed by atoms with Gasteiger partial charge in [0.1, 0.15) is 0 Å². The maximum absolute atomic E-state index is 10.7. The first-order valence-electron chi connectivity index (χ1n) is 8.99. The summed E-state index contributed by atoms with van der Waals surface area (Å²) in [6.07, 6.45) is 5.24. The summed E-state index contributed by atoms with van der Waals surface area (Å²) in [6.45, 7) is 5.81. The summed E-state index contributed by atoms with van der Waals surface area (Å²) in [6, 6.07) is 6.49. The number of non-ortho nitro benzene ring substituents is 1. The molecule has 0 saturated heterocycles. The van der Waals surface area contributed by atoms with Gasteiger partial charge in [-0.15, -0.1) is 0 Å². The van der Waals surface area contributed by atoms with Gasteiger partial charge < -0.3 is 15.4 Å². The lowest BCUT2D eigenvalue weighted by Gasteiger charge is -2.12. The first kappa shape index (κ1) is 22.2. The molecule has 0 spiro atoms. The van der Waals surface area contributed by atoms with Crippen LogP contribution >= 0.6 is 11.8 Å². The number of nitrogens with one attached hydrogen (secondary N) is 2. The quantitative estimate of drug-likeness (QED) is 0.179. The molecule has 2 N–H and O–H groups in total. The number of ether oxygens (including phenoxy) is 1. The predicted molar refractivity (Wildman–Crippen MR) is 109 cm³/mol. The van der Waals surface area contributed by atoms with Gasteiger partial charge in [0.15, 0.2) is 5.96 Å². The second-order valence-corrected chi connectivity index (χ2v) is 6.74. The molecule has 0 radical (unpaired) electrons. The van der Waals surface area contributed by atoms with Crippen LogP contribution in [-0.2, 0) is 11.3 Å². The highest BCUT2D eigenvalue weighted by atomic mass is 32.2. The number of thioether (sulfide) groups is 1. The molecule has 0 aliphatic heterocycles. The van der Waals surface area contributed by atoms with Crippen LogP contribution in [0.15, 0.2) is 29.3 Å². The average Bonchev–Trinajstić information content (AvgIpc) is 2.65. The van der Waals surface area contributed by atoms with Crippen molar-refractivity contribution in [2.75, 3.05) is 38.3 Å². The molecule has 7 nitrogen and oxygen atoms in total. The van der Waals surface area contributed by atoms with Gasteiger partial charge >= 0.3 is 0 Å². The van der Waals surface area contributed by atoms with Crippen molar-refractivity contribution >= 4 is 23.4 Å². The predicted octanol–water partition coefficient (Wildman–Crippen LogP) is 3.20. The van der Waals surface area contributed by atoms with Crippen molar-refractivity contribution in [3.05, 3.63) is 39.9 Å². The highest BCUT2D eigenvalue weighted by molar-refractivity contribution is 7.98. The van der Waals surface area contributed by atoms with E-state index in [1.807, 2.05) is 0 Å². The monoisotopic (exact) mass is 382 g/mol. The summed E-state index contributed by atoms with van der Waals surface area (Å²) < 4.78 is 5.56. The number of hydrogen-bond acceptors (Lipinski definition) is 5. The largest absolute Gasteiger partial charge is 0.381 e. The highest BCUT2D eigenvalue weighted by Crippen LogP contribution is 2.12. The molecule has 0 aliphatic rings. The molecule has 0 aliphatic carbocycles. The number of hydrogen-bond donors (Lipinski definition) is 2. The van der Waals surface area contributed by atoms with Gasteiger partial charge in [-0.1, -0.05) is 25.5 Å². The lowest BCUT2D eigenvalue weighted by atomic mass is 10.2. The van der Waals surface area contributed by atoms with E-state index in [1.54, 1.807) is 23.9 Å². The number of guanidine groups is 1. The van der Waals surface area contributed by atoms with Crippen molar-refractivity contribution in [1.29, 1.82) is 0 Å². The zero-order valence-electron chi connectivity index (χ0n) is 15.7. The third-order valence-corrected chi connectivity index (χ3v) is 4.18. The van der Waals surface area contributed by atoms with Crippen molar-refractivity contribution in [3.63, 3.8) is 0 Å². The van der Waals surface area contributed by atoms with Gasteiger partial charge in [0.2, 0.25) is 0 Å². The van der Waals surface area contributed by atoms with E-state index in [1.165, 1.54) is 12.1 Å². The summed E-state index contributed by atoms with van der Waals surface area (Å²) in [5.41, 5.74) is 1.03. The van der Waals surface area contributed by atoms with E-state index in [2.05, 4.69) is 28.8 Å². The molecule has 26 heavy (non-hydrogen) atoms. The maximum atomic E-state index is 10.7. The topological polar surface area (TPSA) is 88.8 Å². The van der Waals surface area contributed by atoms with E-state index >= 15 is 0 Å². The van der Waals surface area contributed by atoms with Crippen LogP contribution in [0.3, 0.4) is 0 Å². The zero-order valence-corrected chi connectivity index (χ0v) is 16.5. The van der Waals surface area contributed by atoms with Crippen LogP contribution in [0.2, 0.25) is 0 Å². The van der Waals surface area contributed by atoms with Crippen molar-refractivity contribution in [1.82, 2.24) is 10.6 Å². The molecule has 0 heterocycles. The van der Waals surface area contributed by atoms with Crippen LogP contribution < -0.4 is 10.6 Å². The van der Waals surface area contributed by atoms with Gasteiger partial charge in [-0.25, -0.2) is 4.99 Å². The molecule has 0 aromatic heterocycles. The Labute approximate surface area is 160 Å². The lowest BCUT2D eigenvalue weighted by Crippen LogP contribution is -2.39. The first-order valence-corrected chi connectivity index (χ1v) is 10.4. The van der Waals surface area contributed by atoms with Gasteiger partial charge in [-0.2, -0.15) is 11.8 Å².